The summed E-state index contributed by atoms with van der Waals surface area (Å²) in [5.41, 5.74) is 2.25. The predicted molar refractivity (Wildman–Crippen MR) is 110 cm³/mol. The van der Waals surface area contributed by atoms with Gasteiger partial charge in [0.05, 0.1) is 15.5 Å². The van der Waals surface area contributed by atoms with Crippen molar-refractivity contribution in [3.05, 3.63) is 53.1 Å². The number of benzene rings is 2. The van der Waals surface area contributed by atoms with E-state index in [0.717, 1.165) is 9.87 Å². The first-order valence-electron chi connectivity index (χ1n) is 8.78. The highest BCUT2D eigenvalue weighted by molar-refractivity contribution is 7.92. The number of nitrogens with one attached hydrogen (secondary N) is 1. The standard InChI is InChI=1S/C19H26N2O5S2/c1-14-6-9-17(10-7-14)28(25,26)21(4)19-15(2)8-11-18(16(19)3)27(23,24)20-12-5-13-22/h6-11,20,22H,5,12-13H2,1-4H3. The zero-order valence-electron chi connectivity index (χ0n) is 16.4. The van der Waals surface area contributed by atoms with Gasteiger partial charge in [-0.05, 0) is 56.5 Å². The Morgan fingerprint density at radius 3 is 2.14 bits per heavy atom. The highest BCUT2D eigenvalue weighted by Gasteiger charge is 2.27. The second-order valence-corrected chi connectivity index (χ2v) is 10.3. The van der Waals surface area contributed by atoms with Crippen LogP contribution in [0.2, 0.25) is 0 Å². The summed E-state index contributed by atoms with van der Waals surface area (Å²) in [6.45, 7) is 5.16. The predicted octanol–water partition coefficient (Wildman–Crippen LogP) is 2.10. The Balaban J connectivity index is 2.52. The van der Waals surface area contributed by atoms with Crippen LogP contribution in [0, 0.1) is 20.8 Å². The molecule has 154 valence electrons. The lowest BCUT2D eigenvalue weighted by atomic mass is 10.1. The summed E-state index contributed by atoms with van der Waals surface area (Å²) in [6, 6.07) is 9.54. The third-order valence-corrected chi connectivity index (χ3v) is 7.87. The Labute approximate surface area is 167 Å². The van der Waals surface area contributed by atoms with Crippen molar-refractivity contribution in [1.29, 1.82) is 0 Å². The summed E-state index contributed by atoms with van der Waals surface area (Å²) in [5.74, 6) is 0. The fourth-order valence-corrected chi connectivity index (χ4v) is 5.58. The number of nitrogens with zero attached hydrogens (tertiary/aromatic N) is 1. The number of hydrogen-bond acceptors (Lipinski definition) is 5. The monoisotopic (exact) mass is 426 g/mol. The van der Waals surface area contributed by atoms with E-state index in [4.69, 9.17) is 5.11 Å². The molecule has 9 heteroatoms. The molecule has 2 N–H and O–H groups in total. The minimum Gasteiger partial charge on any atom is -0.396 e. The van der Waals surface area contributed by atoms with Gasteiger partial charge >= 0.3 is 0 Å². The molecular weight excluding hydrogens is 400 g/mol. The van der Waals surface area contributed by atoms with Gasteiger partial charge in [-0.25, -0.2) is 21.6 Å². The van der Waals surface area contributed by atoms with E-state index in [1.807, 2.05) is 6.92 Å². The Morgan fingerprint density at radius 1 is 0.964 bits per heavy atom. The molecule has 0 spiro atoms. The number of aliphatic hydroxyl groups is 1. The van der Waals surface area contributed by atoms with Crippen molar-refractivity contribution in [3.8, 4) is 0 Å². The van der Waals surface area contributed by atoms with Crippen LogP contribution in [0.5, 0.6) is 0 Å². The maximum atomic E-state index is 13.1. The summed E-state index contributed by atoms with van der Waals surface area (Å²) >= 11 is 0. The molecule has 0 amide bonds. The maximum Gasteiger partial charge on any atom is 0.264 e. The van der Waals surface area contributed by atoms with Crippen LogP contribution in [0.1, 0.15) is 23.1 Å². The summed E-state index contributed by atoms with van der Waals surface area (Å²) in [6.07, 6.45) is 0.290. The van der Waals surface area contributed by atoms with Gasteiger partial charge in [0.25, 0.3) is 10.0 Å². The van der Waals surface area contributed by atoms with Crippen LogP contribution in [0.3, 0.4) is 0 Å². The number of aliphatic hydroxyl groups excluding tert-OH is 1. The van der Waals surface area contributed by atoms with Gasteiger partial charge < -0.3 is 5.11 Å². The topological polar surface area (TPSA) is 104 Å². The van der Waals surface area contributed by atoms with Gasteiger partial charge in [-0.3, -0.25) is 4.31 Å². The van der Waals surface area contributed by atoms with Crippen molar-refractivity contribution in [2.45, 2.75) is 37.0 Å². The van der Waals surface area contributed by atoms with Gasteiger partial charge in [0.2, 0.25) is 10.0 Å². The van der Waals surface area contributed by atoms with Crippen LogP contribution in [0.25, 0.3) is 0 Å². The number of anilines is 1. The third kappa shape index (κ3) is 4.54. The van der Waals surface area contributed by atoms with Crippen molar-refractivity contribution >= 4 is 25.7 Å². The van der Waals surface area contributed by atoms with Crippen molar-refractivity contribution in [1.82, 2.24) is 4.72 Å². The van der Waals surface area contributed by atoms with Crippen molar-refractivity contribution < 1.29 is 21.9 Å². The van der Waals surface area contributed by atoms with Crippen LogP contribution in [0.4, 0.5) is 5.69 Å². The van der Waals surface area contributed by atoms with E-state index in [-0.39, 0.29) is 22.9 Å². The first-order chi connectivity index (χ1) is 13.0. The van der Waals surface area contributed by atoms with Gasteiger partial charge in [0, 0.05) is 20.2 Å². The Kier molecular flexibility index (Phi) is 6.87. The molecule has 2 rings (SSSR count). The number of hydrogen-bond donors (Lipinski definition) is 2. The highest BCUT2D eigenvalue weighted by atomic mass is 32.2. The number of rotatable bonds is 8. The maximum absolute atomic E-state index is 13.1. The molecule has 0 heterocycles. The lowest BCUT2D eigenvalue weighted by molar-refractivity contribution is 0.289. The SMILES string of the molecule is Cc1ccc(S(=O)(=O)N(C)c2c(C)ccc(S(=O)(=O)NCCCO)c2C)cc1. The van der Waals surface area contributed by atoms with Gasteiger partial charge in [-0.2, -0.15) is 0 Å². The lowest BCUT2D eigenvalue weighted by Crippen LogP contribution is -2.30. The minimum absolute atomic E-state index is 0.0111. The minimum atomic E-state index is -3.85. The molecule has 0 fully saturated rings. The van der Waals surface area contributed by atoms with Crippen molar-refractivity contribution in [3.63, 3.8) is 0 Å². The lowest BCUT2D eigenvalue weighted by Gasteiger charge is -2.25. The Bertz CT molecular complexity index is 1050. The van der Waals surface area contributed by atoms with E-state index in [1.54, 1.807) is 32.0 Å². The smallest absolute Gasteiger partial charge is 0.264 e. The summed E-state index contributed by atoms with van der Waals surface area (Å²) in [4.78, 5) is 0.144. The molecule has 0 saturated carbocycles. The second-order valence-electron chi connectivity index (χ2n) is 6.61. The average Bonchev–Trinajstić information content (AvgIpc) is 2.61. The molecule has 0 atom stereocenters. The van der Waals surface area contributed by atoms with Crippen LogP contribution in [-0.4, -0.2) is 42.1 Å². The highest BCUT2D eigenvalue weighted by Crippen LogP contribution is 2.32. The summed E-state index contributed by atoms with van der Waals surface area (Å²) in [7, 11) is -6.27. The van der Waals surface area contributed by atoms with Gasteiger partial charge in [-0.15, -0.1) is 0 Å². The molecule has 0 unspecified atom stereocenters. The summed E-state index contributed by atoms with van der Waals surface area (Å²) < 4.78 is 54.9. The first kappa shape index (κ1) is 22.4. The fourth-order valence-electron chi connectivity index (χ4n) is 2.94. The molecule has 2 aromatic rings. The zero-order valence-corrected chi connectivity index (χ0v) is 18.1. The number of aryl methyl sites for hydroxylation is 2. The van der Waals surface area contributed by atoms with Gasteiger partial charge in [-0.1, -0.05) is 23.8 Å². The van der Waals surface area contributed by atoms with E-state index in [1.165, 1.54) is 25.2 Å². The molecule has 0 saturated heterocycles. The zero-order chi connectivity index (χ0) is 21.1. The molecule has 0 aliphatic rings. The molecule has 2 aromatic carbocycles. The van der Waals surface area contributed by atoms with Crippen molar-refractivity contribution in [2.75, 3.05) is 24.5 Å². The Hall–Kier alpha value is -1.94. The number of sulfonamides is 2. The average molecular weight is 427 g/mol. The van der Waals surface area contributed by atoms with Crippen LogP contribution in [-0.2, 0) is 20.0 Å². The molecule has 0 aliphatic heterocycles. The van der Waals surface area contributed by atoms with Crippen LogP contribution < -0.4 is 9.03 Å². The third-order valence-electron chi connectivity index (χ3n) is 4.49. The Morgan fingerprint density at radius 2 is 1.57 bits per heavy atom. The second kappa shape index (κ2) is 8.60. The molecule has 0 radical (unpaired) electrons. The molecular formula is C19H26N2O5S2. The molecule has 0 aromatic heterocycles. The van der Waals surface area contributed by atoms with Gasteiger partial charge in [0.15, 0.2) is 0 Å². The van der Waals surface area contributed by atoms with Crippen LogP contribution >= 0.6 is 0 Å². The van der Waals surface area contributed by atoms with E-state index in [0.29, 0.717) is 23.2 Å². The van der Waals surface area contributed by atoms with E-state index < -0.39 is 20.0 Å². The molecule has 28 heavy (non-hydrogen) atoms. The quantitative estimate of drug-likeness (QED) is 0.629. The van der Waals surface area contributed by atoms with Crippen LogP contribution in [0.15, 0.2) is 46.2 Å². The van der Waals surface area contributed by atoms with E-state index in [9.17, 15) is 16.8 Å². The molecule has 0 bridgehead atoms. The normalized spacial score (nSPS) is 12.2. The molecule has 7 nitrogen and oxygen atoms in total. The molecule has 0 aliphatic carbocycles. The fraction of sp³-hybridized carbons (Fsp3) is 0.368. The largest absolute Gasteiger partial charge is 0.396 e. The summed E-state index contributed by atoms with van der Waals surface area (Å²) in [5, 5.41) is 8.85. The first-order valence-corrected chi connectivity index (χ1v) is 11.7. The van der Waals surface area contributed by atoms with Crippen molar-refractivity contribution in [2.24, 2.45) is 0 Å². The van der Waals surface area contributed by atoms with Gasteiger partial charge in [0.1, 0.15) is 0 Å². The van der Waals surface area contributed by atoms with E-state index in [2.05, 4.69) is 4.72 Å². The van der Waals surface area contributed by atoms with E-state index >= 15 is 0 Å².